The second-order valence-corrected chi connectivity index (χ2v) is 9.47. The Bertz CT molecular complexity index is 1090. The van der Waals surface area contributed by atoms with E-state index in [0.717, 1.165) is 44.3 Å². The molecule has 0 radical (unpaired) electrons. The molecule has 2 aromatic rings. The number of hydrogen-bond donors (Lipinski definition) is 5. The standard InChI is InChI=1S/C26H37FN8O2/c1-34(17-19-7-9-22(27)10-8-19)12-4-3-11-30-26(37)32-23-14-20(24(33-28)35(2)29)13-21(15-23)25(36)31-16-18-5-6-18/h7-10,13-15,18H,3-6,11-12,16-17,28-29H2,1-2H3,(H,31,36)(H2,30,32,37)/b33-24-. The van der Waals surface area contributed by atoms with Crippen molar-refractivity contribution >= 4 is 23.5 Å². The summed E-state index contributed by atoms with van der Waals surface area (Å²) in [4.78, 5) is 27.4. The molecule has 1 fully saturated rings. The Morgan fingerprint density at radius 3 is 2.41 bits per heavy atom. The van der Waals surface area contributed by atoms with Gasteiger partial charge in [0.05, 0.1) is 0 Å². The maximum Gasteiger partial charge on any atom is 0.319 e. The van der Waals surface area contributed by atoms with E-state index in [1.807, 2.05) is 7.05 Å². The normalized spacial score (nSPS) is 13.4. The first kappa shape index (κ1) is 27.9. The third kappa shape index (κ3) is 9.36. The summed E-state index contributed by atoms with van der Waals surface area (Å²) in [6.07, 6.45) is 3.93. The maximum absolute atomic E-state index is 13.0. The van der Waals surface area contributed by atoms with Gasteiger partial charge in [-0.15, -0.1) is 0 Å². The molecule has 0 saturated heterocycles. The Balaban J connectivity index is 1.50. The smallest absolute Gasteiger partial charge is 0.319 e. The molecule has 0 aromatic heterocycles. The van der Waals surface area contributed by atoms with Gasteiger partial charge in [-0.05, 0) is 81.1 Å². The molecule has 0 unspecified atom stereocenters. The Hall–Kier alpha value is -3.70. The summed E-state index contributed by atoms with van der Waals surface area (Å²) in [5.41, 5.74) is 2.35. The number of unbranched alkanes of at least 4 members (excludes halogenated alkanes) is 1. The minimum atomic E-state index is -0.381. The van der Waals surface area contributed by atoms with Crippen LogP contribution in [0.25, 0.3) is 0 Å². The summed E-state index contributed by atoms with van der Waals surface area (Å²) in [5, 5.41) is 13.5. The van der Waals surface area contributed by atoms with E-state index in [1.165, 1.54) is 17.1 Å². The zero-order valence-corrected chi connectivity index (χ0v) is 21.5. The second kappa shape index (κ2) is 13.6. The molecule has 0 aliphatic heterocycles. The lowest BCUT2D eigenvalue weighted by atomic mass is 10.1. The number of nitrogens with one attached hydrogen (secondary N) is 3. The Kier molecular flexibility index (Phi) is 10.2. The summed E-state index contributed by atoms with van der Waals surface area (Å²) >= 11 is 0. The minimum Gasteiger partial charge on any atom is -0.352 e. The molecule has 1 aliphatic rings. The lowest BCUT2D eigenvalue weighted by Crippen LogP contribution is -2.35. The van der Waals surface area contributed by atoms with Crippen LogP contribution in [0, 0.1) is 11.7 Å². The lowest BCUT2D eigenvalue weighted by Gasteiger charge is -2.17. The van der Waals surface area contributed by atoms with Gasteiger partial charge in [0.25, 0.3) is 5.91 Å². The lowest BCUT2D eigenvalue weighted by molar-refractivity contribution is 0.0951. The molecule has 1 aliphatic carbocycles. The van der Waals surface area contributed by atoms with Crippen LogP contribution in [0.15, 0.2) is 47.6 Å². The topological polar surface area (TPSA) is 141 Å². The van der Waals surface area contributed by atoms with E-state index in [9.17, 15) is 14.0 Å². The van der Waals surface area contributed by atoms with E-state index in [4.69, 9.17) is 11.7 Å². The third-order valence-electron chi connectivity index (χ3n) is 6.03. The number of halogens is 1. The summed E-state index contributed by atoms with van der Waals surface area (Å²) in [5.74, 6) is 11.7. The molecule has 3 rings (SSSR count). The van der Waals surface area contributed by atoms with Crippen molar-refractivity contribution in [1.29, 1.82) is 0 Å². The maximum atomic E-state index is 13.0. The molecule has 11 heteroatoms. The van der Waals surface area contributed by atoms with Crippen molar-refractivity contribution in [2.45, 2.75) is 32.2 Å². The van der Waals surface area contributed by atoms with Gasteiger partial charge in [-0.1, -0.05) is 12.1 Å². The number of urea groups is 1. The van der Waals surface area contributed by atoms with Crippen molar-refractivity contribution < 1.29 is 14.0 Å². The highest BCUT2D eigenvalue weighted by Crippen LogP contribution is 2.27. The molecule has 2 aromatic carbocycles. The highest BCUT2D eigenvalue weighted by Gasteiger charge is 2.22. The highest BCUT2D eigenvalue weighted by molar-refractivity contribution is 6.04. The van der Waals surface area contributed by atoms with Gasteiger partial charge in [-0.25, -0.2) is 15.0 Å². The van der Waals surface area contributed by atoms with Gasteiger partial charge in [-0.3, -0.25) is 9.80 Å². The molecule has 0 atom stereocenters. The predicted octanol–water partition coefficient (Wildman–Crippen LogP) is 2.43. The van der Waals surface area contributed by atoms with Crippen molar-refractivity contribution in [1.82, 2.24) is 20.5 Å². The summed E-state index contributed by atoms with van der Waals surface area (Å²) in [6.45, 7) is 2.69. The number of hydrogen-bond acceptors (Lipinski definition) is 6. The van der Waals surface area contributed by atoms with Gasteiger partial charge in [0.2, 0.25) is 0 Å². The molecule has 1 saturated carbocycles. The number of amides is 3. The van der Waals surface area contributed by atoms with Gasteiger partial charge >= 0.3 is 6.03 Å². The molecule has 37 heavy (non-hydrogen) atoms. The molecular weight excluding hydrogens is 475 g/mol. The fourth-order valence-electron chi connectivity index (χ4n) is 3.85. The molecule has 3 amide bonds. The van der Waals surface area contributed by atoms with Crippen LogP contribution in [0.1, 0.15) is 47.2 Å². The van der Waals surface area contributed by atoms with Crippen LogP contribution in [0.5, 0.6) is 0 Å². The van der Waals surface area contributed by atoms with Crippen LogP contribution in [0.2, 0.25) is 0 Å². The fraction of sp³-hybridized carbons (Fsp3) is 0.423. The van der Waals surface area contributed by atoms with Crippen LogP contribution in [-0.2, 0) is 6.54 Å². The Labute approximate surface area is 217 Å². The number of hydrazone groups is 1. The number of anilines is 1. The number of carbonyl (C=O) groups is 2. The van der Waals surface area contributed by atoms with Crippen molar-refractivity contribution in [2.75, 3.05) is 39.0 Å². The van der Waals surface area contributed by atoms with Gasteiger partial charge in [0.1, 0.15) is 5.82 Å². The second-order valence-electron chi connectivity index (χ2n) is 9.47. The largest absolute Gasteiger partial charge is 0.352 e. The Morgan fingerprint density at radius 2 is 1.76 bits per heavy atom. The van der Waals surface area contributed by atoms with E-state index in [2.05, 4.69) is 26.0 Å². The van der Waals surface area contributed by atoms with E-state index in [1.54, 1.807) is 37.4 Å². The predicted molar refractivity (Wildman–Crippen MR) is 143 cm³/mol. The van der Waals surface area contributed by atoms with Crippen LogP contribution in [0.4, 0.5) is 14.9 Å². The SMILES string of the molecule is CN(CCCCNC(=O)Nc1cc(C(=O)NCC2CC2)cc(/C(=N/N)N(C)N)c1)Cc1ccc(F)cc1. The number of amidine groups is 1. The molecule has 0 heterocycles. The van der Waals surface area contributed by atoms with Gasteiger partial charge < -0.3 is 26.7 Å². The molecule has 200 valence electrons. The molecule has 0 bridgehead atoms. The van der Waals surface area contributed by atoms with Crippen LogP contribution >= 0.6 is 0 Å². The molecule has 10 nitrogen and oxygen atoms in total. The van der Waals surface area contributed by atoms with Crippen molar-refractivity contribution in [3.05, 3.63) is 65.0 Å². The van der Waals surface area contributed by atoms with Crippen molar-refractivity contribution in [2.24, 2.45) is 22.7 Å². The average molecular weight is 513 g/mol. The summed E-state index contributed by atoms with van der Waals surface area (Å²) in [6, 6.07) is 11.0. The number of carbonyl (C=O) groups excluding carboxylic acids is 2. The first-order chi connectivity index (χ1) is 17.7. The monoisotopic (exact) mass is 512 g/mol. The van der Waals surface area contributed by atoms with Gasteiger partial charge in [-0.2, -0.15) is 5.10 Å². The minimum absolute atomic E-state index is 0.238. The Morgan fingerprint density at radius 1 is 1.05 bits per heavy atom. The quantitative estimate of drug-likeness (QED) is 0.0973. The van der Waals surface area contributed by atoms with E-state index in [0.29, 0.717) is 35.8 Å². The van der Waals surface area contributed by atoms with E-state index in [-0.39, 0.29) is 23.6 Å². The van der Waals surface area contributed by atoms with Gasteiger partial charge in [0.15, 0.2) is 5.84 Å². The fourth-order valence-corrected chi connectivity index (χ4v) is 3.85. The summed E-state index contributed by atoms with van der Waals surface area (Å²) in [7, 11) is 3.59. The average Bonchev–Trinajstić information content (AvgIpc) is 3.68. The molecule has 7 N–H and O–H groups in total. The van der Waals surface area contributed by atoms with E-state index >= 15 is 0 Å². The number of nitrogens with zero attached hydrogens (tertiary/aromatic N) is 3. The van der Waals surface area contributed by atoms with Gasteiger partial charge in [0, 0.05) is 43.5 Å². The molecule has 0 spiro atoms. The van der Waals surface area contributed by atoms with E-state index < -0.39 is 0 Å². The van der Waals surface area contributed by atoms with Crippen LogP contribution < -0.4 is 27.6 Å². The summed E-state index contributed by atoms with van der Waals surface area (Å²) < 4.78 is 13.0. The van der Waals surface area contributed by atoms with Crippen molar-refractivity contribution in [3.63, 3.8) is 0 Å². The zero-order valence-electron chi connectivity index (χ0n) is 21.5. The first-order valence-electron chi connectivity index (χ1n) is 12.4. The van der Waals surface area contributed by atoms with Crippen LogP contribution in [-0.4, -0.2) is 61.4 Å². The number of rotatable bonds is 12. The molecular formula is C26H37FN8O2. The first-order valence-corrected chi connectivity index (χ1v) is 12.4. The van der Waals surface area contributed by atoms with Crippen LogP contribution in [0.3, 0.4) is 0 Å². The highest BCUT2D eigenvalue weighted by atomic mass is 19.1. The number of benzene rings is 2. The number of nitrogens with two attached hydrogens (primary N) is 2. The third-order valence-corrected chi connectivity index (χ3v) is 6.03. The number of hydrazine groups is 1. The zero-order chi connectivity index (χ0) is 26.8. The van der Waals surface area contributed by atoms with Crippen molar-refractivity contribution in [3.8, 4) is 0 Å².